The van der Waals surface area contributed by atoms with Crippen LogP contribution in [0.15, 0.2) is 29.3 Å². The van der Waals surface area contributed by atoms with Crippen LogP contribution >= 0.6 is 24.0 Å². The van der Waals surface area contributed by atoms with E-state index in [4.69, 9.17) is 4.74 Å². The van der Waals surface area contributed by atoms with Crippen LogP contribution in [0.1, 0.15) is 25.8 Å². The molecule has 0 aromatic heterocycles. The number of guanidine groups is 1. The van der Waals surface area contributed by atoms with Crippen LogP contribution in [-0.4, -0.2) is 56.1 Å². The SMILES string of the molecule is CCC(C)NC(=NCC(=O)N(C)C)NCC1Cc2ccccc2O1.I. The van der Waals surface area contributed by atoms with Crippen molar-refractivity contribution in [2.24, 2.45) is 4.99 Å². The van der Waals surface area contributed by atoms with E-state index >= 15 is 0 Å². The zero-order chi connectivity index (χ0) is 17.5. The summed E-state index contributed by atoms with van der Waals surface area (Å²) >= 11 is 0. The Morgan fingerprint density at radius 1 is 1.40 bits per heavy atom. The number of carbonyl (C=O) groups excluding carboxylic acids is 1. The second-order valence-electron chi connectivity index (χ2n) is 6.34. The molecule has 2 N–H and O–H groups in total. The molecule has 0 spiro atoms. The highest BCUT2D eigenvalue weighted by Crippen LogP contribution is 2.27. The van der Waals surface area contributed by atoms with E-state index in [-0.39, 0.29) is 48.6 Å². The lowest BCUT2D eigenvalue weighted by Crippen LogP contribution is -2.46. The number of likely N-dealkylation sites (N-methyl/N-ethyl adjacent to an activating group) is 1. The van der Waals surface area contributed by atoms with Crippen molar-refractivity contribution >= 4 is 35.8 Å². The summed E-state index contributed by atoms with van der Waals surface area (Å²) in [6.45, 7) is 4.97. The van der Waals surface area contributed by atoms with E-state index < -0.39 is 0 Å². The molecule has 1 amide bonds. The van der Waals surface area contributed by atoms with Crippen molar-refractivity contribution in [2.45, 2.75) is 38.8 Å². The maximum absolute atomic E-state index is 11.8. The highest BCUT2D eigenvalue weighted by molar-refractivity contribution is 14.0. The predicted octanol–water partition coefficient (Wildman–Crippen LogP) is 2.03. The smallest absolute Gasteiger partial charge is 0.243 e. The molecule has 2 atom stereocenters. The number of amides is 1. The number of hydrogen-bond donors (Lipinski definition) is 2. The third kappa shape index (κ3) is 6.72. The van der Waals surface area contributed by atoms with E-state index in [1.54, 1.807) is 19.0 Å². The first kappa shape index (κ1) is 21.5. The van der Waals surface area contributed by atoms with Crippen molar-refractivity contribution in [2.75, 3.05) is 27.2 Å². The van der Waals surface area contributed by atoms with Gasteiger partial charge in [-0.15, -0.1) is 24.0 Å². The number of rotatable bonds is 6. The number of halogens is 1. The van der Waals surface area contributed by atoms with Gasteiger partial charge in [-0.2, -0.15) is 0 Å². The van der Waals surface area contributed by atoms with Gasteiger partial charge >= 0.3 is 0 Å². The van der Waals surface area contributed by atoms with Crippen molar-refractivity contribution in [3.05, 3.63) is 29.8 Å². The lowest BCUT2D eigenvalue weighted by molar-refractivity contribution is -0.127. The molecule has 0 saturated carbocycles. The summed E-state index contributed by atoms with van der Waals surface area (Å²) in [5.74, 6) is 1.59. The van der Waals surface area contributed by atoms with E-state index in [9.17, 15) is 4.79 Å². The van der Waals surface area contributed by atoms with Crippen LogP contribution in [0.3, 0.4) is 0 Å². The van der Waals surface area contributed by atoms with E-state index in [1.807, 2.05) is 18.2 Å². The van der Waals surface area contributed by atoms with Crippen molar-refractivity contribution in [3.63, 3.8) is 0 Å². The number of para-hydroxylation sites is 1. The highest BCUT2D eigenvalue weighted by atomic mass is 127. The number of fused-ring (bicyclic) bond motifs is 1. The Hall–Kier alpha value is -1.51. The van der Waals surface area contributed by atoms with Crippen molar-refractivity contribution in [1.82, 2.24) is 15.5 Å². The normalized spacial score (nSPS) is 17.0. The fourth-order valence-electron chi connectivity index (χ4n) is 2.35. The Morgan fingerprint density at radius 3 is 2.76 bits per heavy atom. The van der Waals surface area contributed by atoms with E-state index in [0.717, 1.165) is 18.6 Å². The molecule has 1 aliphatic heterocycles. The Kier molecular flexibility index (Phi) is 9.02. The standard InChI is InChI=1S/C18H28N4O2.HI/c1-5-13(2)21-18(20-12-17(23)22(3)4)19-11-15-10-14-8-6-7-9-16(14)24-15;/h6-9,13,15H,5,10-12H2,1-4H3,(H2,19,20,21);1H. The van der Waals surface area contributed by atoms with E-state index in [0.29, 0.717) is 12.5 Å². The molecule has 0 radical (unpaired) electrons. The van der Waals surface area contributed by atoms with Crippen LogP contribution in [-0.2, 0) is 11.2 Å². The van der Waals surface area contributed by atoms with Crippen LogP contribution in [0.25, 0.3) is 0 Å². The summed E-state index contributed by atoms with van der Waals surface area (Å²) in [6, 6.07) is 8.39. The second kappa shape index (κ2) is 10.5. The number of carbonyl (C=O) groups is 1. The highest BCUT2D eigenvalue weighted by Gasteiger charge is 2.22. The van der Waals surface area contributed by atoms with Gasteiger partial charge in [0, 0.05) is 26.6 Å². The van der Waals surface area contributed by atoms with Crippen LogP contribution in [0, 0.1) is 0 Å². The quantitative estimate of drug-likeness (QED) is 0.388. The molecule has 0 saturated heterocycles. The van der Waals surface area contributed by atoms with Gasteiger partial charge in [-0.25, -0.2) is 4.99 Å². The minimum atomic E-state index is -0.0234. The summed E-state index contributed by atoms with van der Waals surface area (Å²) in [5, 5.41) is 6.62. The van der Waals surface area contributed by atoms with Gasteiger partial charge in [0.15, 0.2) is 5.96 Å². The van der Waals surface area contributed by atoms with Gasteiger partial charge in [0.2, 0.25) is 5.91 Å². The van der Waals surface area contributed by atoms with Crippen molar-refractivity contribution in [1.29, 1.82) is 0 Å². The molecule has 6 nitrogen and oxygen atoms in total. The number of aliphatic imine (C=N–C) groups is 1. The van der Waals surface area contributed by atoms with Crippen LogP contribution in [0.5, 0.6) is 5.75 Å². The lowest BCUT2D eigenvalue weighted by Gasteiger charge is -2.19. The van der Waals surface area contributed by atoms with Crippen LogP contribution in [0.2, 0.25) is 0 Å². The largest absolute Gasteiger partial charge is 0.488 e. The number of ether oxygens (including phenoxy) is 1. The van der Waals surface area contributed by atoms with Crippen molar-refractivity contribution in [3.8, 4) is 5.75 Å². The summed E-state index contributed by atoms with van der Waals surface area (Å²) in [7, 11) is 3.47. The van der Waals surface area contributed by atoms with Gasteiger partial charge in [-0.1, -0.05) is 25.1 Å². The Balaban J connectivity index is 0.00000312. The summed E-state index contributed by atoms with van der Waals surface area (Å²) in [6.07, 6.45) is 1.94. The predicted molar refractivity (Wildman–Crippen MR) is 112 cm³/mol. The lowest BCUT2D eigenvalue weighted by atomic mass is 10.1. The number of nitrogens with one attached hydrogen (secondary N) is 2. The molecule has 0 bridgehead atoms. The molecule has 1 aromatic rings. The van der Waals surface area contributed by atoms with Gasteiger partial charge in [-0.3, -0.25) is 4.79 Å². The first-order valence-corrected chi connectivity index (χ1v) is 8.49. The second-order valence-corrected chi connectivity index (χ2v) is 6.34. The molecule has 1 aromatic carbocycles. The monoisotopic (exact) mass is 460 g/mol. The number of hydrogen-bond acceptors (Lipinski definition) is 3. The third-order valence-electron chi connectivity index (χ3n) is 4.08. The first-order chi connectivity index (χ1) is 11.5. The van der Waals surface area contributed by atoms with Crippen molar-refractivity contribution < 1.29 is 9.53 Å². The topological polar surface area (TPSA) is 66.0 Å². The Labute approximate surface area is 167 Å². The average molecular weight is 460 g/mol. The molecular formula is C18H29IN4O2. The maximum atomic E-state index is 11.8. The zero-order valence-corrected chi connectivity index (χ0v) is 17.7. The van der Waals surface area contributed by atoms with Crippen LogP contribution < -0.4 is 15.4 Å². The molecular weight excluding hydrogens is 431 g/mol. The minimum absolute atomic E-state index is 0. The molecule has 1 heterocycles. The molecule has 25 heavy (non-hydrogen) atoms. The summed E-state index contributed by atoms with van der Waals surface area (Å²) in [5.41, 5.74) is 1.24. The molecule has 0 fully saturated rings. The fraction of sp³-hybridized carbons (Fsp3) is 0.556. The van der Waals surface area contributed by atoms with E-state index in [2.05, 4.69) is 35.5 Å². The van der Waals surface area contributed by atoms with Gasteiger partial charge in [0.05, 0.1) is 6.54 Å². The number of nitrogens with zero attached hydrogens (tertiary/aromatic N) is 2. The molecule has 1 aliphatic rings. The third-order valence-corrected chi connectivity index (χ3v) is 4.08. The van der Waals surface area contributed by atoms with Gasteiger partial charge in [-0.05, 0) is 25.0 Å². The fourth-order valence-corrected chi connectivity index (χ4v) is 2.35. The molecule has 0 aliphatic carbocycles. The summed E-state index contributed by atoms with van der Waals surface area (Å²) in [4.78, 5) is 17.7. The minimum Gasteiger partial charge on any atom is -0.488 e. The molecule has 2 rings (SSSR count). The van der Waals surface area contributed by atoms with Crippen LogP contribution in [0.4, 0.5) is 0 Å². The Bertz CT molecular complexity index is 567. The van der Waals surface area contributed by atoms with E-state index in [1.165, 1.54) is 5.56 Å². The summed E-state index contributed by atoms with van der Waals surface area (Å²) < 4.78 is 5.93. The van der Waals surface area contributed by atoms with Gasteiger partial charge < -0.3 is 20.3 Å². The average Bonchev–Trinajstić information content (AvgIpc) is 2.99. The molecule has 7 heteroatoms. The number of benzene rings is 1. The molecule has 2 unspecified atom stereocenters. The maximum Gasteiger partial charge on any atom is 0.243 e. The van der Waals surface area contributed by atoms with Gasteiger partial charge in [0.25, 0.3) is 0 Å². The zero-order valence-electron chi connectivity index (χ0n) is 15.4. The van der Waals surface area contributed by atoms with Gasteiger partial charge in [0.1, 0.15) is 18.4 Å². The molecule has 140 valence electrons. The Morgan fingerprint density at radius 2 is 2.12 bits per heavy atom. The first-order valence-electron chi connectivity index (χ1n) is 8.49.